The number of aliphatic hydroxyl groups is 1. The molecule has 0 radical (unpaired) electrons. The minimum Gasteiger partial charge on any atom is -0.508 e. The van der Waals surface area contributed by atoms with E-state index in [0.717, 1.165) is 0 Å². The van der Waals surface area contributed by atoms with E-state index in [2.05, 4.69) is 13.2 Å². The summed E-state index contributed by atoms with van der Waals surface area (Å²) in [6.45, 7) is 8.18. The second kappa shape index (κ2) is 9.68. The predicted molar refractivity (Wildman–Crippen MR) is 104 cm³/mol. The number of ether oxygens (including phenoxy) is 2. The molecule has 0 aliphatic carbocycles. The van der Waals surface area contributed by atoms with Crippen molar-refractivity contribution in [2.45, 2.75) is 18.6 Å². The van der Waals surface area contributed by atoms with E-state index in [-0.39, 0.29) is 35.2 Å². The Bertz CT molecular complexity index is 824. The molecule has 0 fully saturated rings. The number of aromatic hydroxyl groups is 4. The Labute approximate surface area is 163 Å². The van der Waals surface area contributed by atoms with E-state index < -0.39 is 12.2 Å². The van der Waals surface area contributed by atoms with Crippen LogP contribution in [0.2, 0.25) is 0 Å². The molecule has 0 bridgehead atoms. The number of aliphatic hydroxyl groups excluding tert-OH is 1. The van der Waals surface area contributed by atoms with Crippen molar-refractivity contribution in [2.24, 2.45) is 0 Å². The fourth-order valence-electron chi connectivity index (χ4n) is 2.70. The lowest BCUT2D eigenvalue weighted by molar-refractivity contribution is 0.0197. The number of fused-ring (bicyclic) bond motifs is 1. The van der Waals surface area contributed by atoms with Gasteiger partial charge in [-0.15, -0.1) is 13.2 Å². The predicted octanol–water partition coefficient (Wildman–Crippen LogP) is 2.92. The van der Waals surface area contributed by atoms with Crippen LogP contribution in [0.5, 0.6) is 28.7 Å². The maximum Gasteiger partial charge on any atom is 0.157 e. The molecule has 1 aliphatic rings. The standard InChI is InChI=1S/C15H14O6.C6H10O/c16-8-4-11(18)9-6-13(20)15(21-14(9)5-8)7-1-2-10(17)12(19)3-7;1-3-5-7-6-4-2/h1-5,13,15-20H,6H2;3-4H,1-2,5-6H2/t13-,15+;/m0./s1. The van der Waals surface area contributed by atoms with Crippen molar-refractivity contribution in [3.8, 4) is 28.7 Å². The summed E-state index contributed by atoms with van der Waals surface area (Å²) in [4.78, 5) is 0. The van der Waals surface area contributed by atoms with Crippen molar-refractivity contribution in [3.63, 3.8) is 0 Å². The number of phenolic OH excluding ortho intramolecular Hbond substituents is 4. The average molecular weight is 388 g/mol. The lowest BCUT2D eigenvalue weighted by Crippen LogP contribution is -2.30. The molecule has 2 aromatic rings. The van der Waals surface area contributed by atoms with Crippen LogP contribution in [0.1, 0.15) is 17.2 Å². The maximum atomic E-state index is 10.2. The van der Waals surface area contributed by atoms with Crippen LogP contribution < -0.4 is 4.74 Å². The number of hydrogen-bond acceptors (Lipinski definition) is 7. The van der Waals surface area contributed by atoms with Crippen LogP contribution in [0.15, 0.2) is 55.6 Å². The lowest BCUT2D eigenvalue weighted by Gasteiger charge is -2.31. The average Bonchev–Trinajstić information content (AvgIpc) is 2.65. The van der Waals surface area contributed by atoms with Gasteiger partial charge in [-0.05, 0) is 17.7 Å². The topological polar surface area (TPSA) is 120 Å². The summed E-state index contributed by atoms with van der Waals surface area (Å²) in [5.74, 6) is -0.589. The first-order chi connectivity index (χ1) is 13.4. The Morgan fingerprint density at radius 1 is 0.964 bits per heavy atom. The van der Waals surface area contributed by atoms with E-state index in [9.17, 15) is 25.5 Å². The molecule has 0 saturated carbocycles. The summed E-state index contributed by atoms with van der Waals surface area (Å²) in [5.41, 5.74) is 0.894. The first-order valence-corrected chi connectivity index (χ1v) is 8.58. The highest BCUT2D eigenvalue weighted by molar-refractivity contribution is 5.52. The van der Waals surface area contributed by atoms with E-state index >= 15 is 0 Å². The Kier molecular flexibility index (Phi) is 7.31. The molecule has 0 spiro atoms. The second-order valence-electron chi connectivity index (χ2n) is 6.11. The van der Waals surface area contributed by atoms with E-state index in [0.29, 0.717) is 24.3 Å². The molecular weight excluding hydrogens is 364 g/mol. The van der Waals surface area contributed by atoms with Crippen LogP contribution in [-0.4, -0.2) is 44.9 Å². The molecule has 2 atom stereocenters. The molecule has 3 rings (SSSR count). The Balaban J connectivity index is 0.000000345. The van der Waals surface area contributed by atoms with Crippen LogP contribution in [-0.2, 0) is 11.2 Å². The van der Waals surface area contributed by atoms with Crippen LogP contribution in [0.3, 0.4) is 0 Å². The van der Waals surface area contributed by atoms with Gasteiger partial charge in [-0.2, -0.15) is 0 Å². The number of phenols is 4. The molecule has 2 aromatic carbocycles. The van der Waals surface area contributed by atoms with Gasteiger partial charge in [-0.3, -0.25) is 0 Å². The number of rotatable bonds is 5. The van der Waals surface area contributed by atoms with Crippen molar-refractivity contribution in [3.05, 3.63) is 66.8 Å². The fraction of sp³-hybridized carbons (Fsp3) is 0.238. The van der Waals surface area contributed by atoms with Crippen LogP contribution >= 0.6 is 0 Å². The van der Waals surface area contributed by atoms with Crippen molar-refractivity contribution in [1.82, 2.24) is 0 Å². The van der Waals surface area contributed by atoms with Crippen molar-refractivity contribution >= 4 is 0 Å². The first-order valence-electron chi connectivity index (χ1n) is 8.58. The zero-order valence-corrected chi connectivity index (χ0v) is 15.3. The quantitative estimate of drug-likeness (QED) is 0.303. The van der Waals surface area contributed by atoms with Crippen LogP contribution in [0.4, 0.5) is 0 Å². The largest absolute Gasteiger partial charge is 0.508 e. The third-order valence-corrected chi connectivity index (χ3v) is 3.99. The fourth-order valence-corrected chi connectivity index (χ4v) is 2.70. The molecule has 7 nitrogen and oxygen atoms in total. The highest BCUT2D eigenvalue weighted by atomic mass is 16.5. The molecule has 7 heteroatoms. The second-order valence-corrected chi connectivity index (χ2v) is 6.11. The van der Waals surface area contributed by atoms with Gasteiger partial charge in [0.1, 0.15) is 23.4 Å². The minimum absolute atomic E-state index is 0.143. The van der Waals surface area contributed by atoms with Gasteiger partial charge in [0.15, 0.2) is 11.5 Å². The van der Waals surface area contributed by atoms with Crippen molar-refractivity contribution in [2.75, 3.05) is 13.2 Å². The Hall–Kier alpha value is -3.16. The molecule has 150 valence electrons. The molecule has 1 heterocycles. The highest BCUT2D eigenvalue weighted by Crippen LogP contribution is 2.42. The molecule has 0 aromatic heterocycles. The molecule has 0 amide bonds. The van der Waals surface area contributed by atoms with Gasteiger partial charge in [0.25, 0.3) is 0 Å². The normalized spacial score (nSPS) is 17.5. The maximum absolute atomic E-state index is 10.2. The van der Waals surface area contributed by atoms with Gasteiger partial charge in [0.05, 0.1) is 19.3 Å². The zero-order valence-electron chi connectivity index (χ0n) is 15.3. The molecular formula is C21H24O7. The van der Waals surface area contributed by atoms with E-state index in [1.165, 1.54) is 30.3 Å². The van der Waals surface area contributed by atoms with Gasteiger partial charge in [-0.1, -0.05) is 18.2 Å². The smallest absolute Gasteiger partial charge is 0.157 e. The van der Waals surface area contributed by atoms with E-state index in [1.54, 1.807) is 12.2 Å². The lowest BCUT2D eigenvalue weighted by atomic mass is 9.94. The minimum atomic E-state index is -0.933. The van der Waals surface area contributed by atoms with Gasteiger partial charge in [0, 0.05) is 24.1 Å². The molecule has 1 aliphatic heterocycles. The van der Waals surface area contributed by atoms with E-state index in [1.807, 2.05) is 0 Å². The Morgan fingerprint density at radius 3 is 2.25 bits per heavy atom. The number of hydrogen-bond donors (Lipinski definition) is 5. The summed E-state index contributed by atoms with van der Waals surface area (Å²) in [6.07, 6.45) is 1.86. The molecule has 28 heavy (non-hydrogen) atoms. The summed E-state index contributed by atoms with van der Waals surface area (Å²) in [7, 11) is 0. The van der Waals surface area contributed by atoms with Gasteiger partial charge >= 0.3 is 0 Å². The molecule has 0 unspecified atom stereocenters. The van der Waals surface area contributed by atoms with Gasteiger partial charge < -0.3 is 35.0 Å². The number of benzene rings is 2. The SMILES string of the molecule is C=CCOCC=C.Oc1cc(O)c2c(c1)O[C@H](c1ccc(O)c(O)c1)[C@@H](O)C2. The van der Waals surface area contributed by atoms with Gasteiger partial charge in [-0.25, -0.2) is 0 Å². The third-order valence-electron chi connectivity index (χ3n) is 3.99. The zero-order chi connectivity index (χ0) is 20.7. The summed E-state index contributed by atoms with van der Waals surface area (Å²) >= 11 is 0. The Morgan fingerprint density at radius 2 is 1.64 bits per heavy atom. The van der Waals surface area contributed by atoms with Gasteiger partial charge in [0.2, 0.25) is 0 Å². The van der Waals surface area contributed by atoms with Crippen molar-refractivity contribution in [1.29, 1.82) is 0 Å². The summed E-state index contributed by atoms with van der Waals surface area (Å²) in [5, 5.41) is 48.3. The third kappa shape index (κ3) is 5.18. The monoisotopic (exact) mass is 388 g/mol. The van der Waals surface area contributed by atoms with Crippen LogP contribution in [0, 0.1) is 0 Å². The van der Waals surface area contributed by atoms with Crippen molar-refractivity contribution < 1.29 is 35.0 Å². The summed E-state index contributed by atoms with van der Waals surface area (Å²) in [6, 6.07) is 6.67. The summed E-state index contributed by atoms with van der Waals surface area (Å²) < 4.78 is 10.5. The first kappa shape index (κ1) is 21.1. The van der Waals surface area contributed by atoms with Crippen LogP contribution in [0.25, 0.3) is 0 Å². The highest BCUT2D eigenvalue weighted by Gasteiger charge is 2.32. The molecule has 5 N–H and O–H groups in total. The molecule has 0 saturated heterocycles. The van der Waals surface area contributed by atoms with E-state index in [4.69, 9.17) is 9.47 Å².